The fraction of sp³-hybridized carbons (Fsp3) is 0.900. The van der Waals surface area contributed by atoms with Crippen LogP contribution in [0.2, 0.25) is 0 Å². The molecule has 1 saturated heterocycles. The molecule has 5 heteroatoms. The average molecular weight is 219 g/mol. The third-order valence-corrected chi connectivity index (χ3v) is 3.57. The third-order valence-electron chi connectivity index (χ3n) is 3.57. The highest BCUT2D eigenvalue weighted by Crippen LogP contribution is 2.60. The van der Waals surface area contributed by atoms with Crippen LogP contribution in [0.1, 0.15) is 26.2 Å². The fourth-order valence-electron chi connectivity index (χ4n) is 2.36. The molecule has 1 aliphatic carbocycles. The lowest BCUT2D eigenvalue weighted by Gasteiger charge is -2.24. The Kier molecular flexibility index (Phi) is 2.26. The summed E-state index contributed by atoms with van der Waals surface area (Å²) in [7, 11) is 0. The molecular formula is C10H15F2NO2. The summed E-state index contributed by atoms with van der Waals surface area (Å²) < 4.78 is 26.0. The topological polar surface area (TPSA) is 40.5 Å². The zero-order chi connectivity index (χ0) is 11.3. The quantitative estimate of drug-likeness (QED) is 0.783. The first kappa shape index (κ1) is 10.8. The van der Waals surface area contributed by atoms with Crippen molar-refractivity contribution >= 4 is 5.97 Å². The van der Waals surface area contributed by atoms with Crippen LogP contribution < -0.4 is 0 Å². The smallest absolute Gasteiger partial charge is 0.320 e. The van der Waals surface area contributed by atoms with E-state index in [2.05, 4.69) is 0 Å². The van der Waals surface area contributed by atoms with E-state index < -0.39 is 23.3 Å². The van der Waals surface area contributed by atoms with Crippen LogP contribution in [0.25, 0.3) is 0 Å². The normalized spacial score (nSPS) is 39.3. The van der Waals surface area contributed by atoms with Crippen molar-refractivity contribution in [1.29, 1.82) is 0 Å². The summed E-state index contributed by atoms with van der Waals surface area (Å²) in [6, 6.07) is -0.557. The number of likely N-dealkylation sites (tertiary alicyclic amines) is 1. The maximum absolute atomic E-state index is 13.0. The van der Waals surface area contributed by atoms with Gasteiger partial charge in [-0.25, -0.2) is 8.78 Å². The number of carboxylic acids is 1. The van der Waals surface area contributed by atoms with E-state index in [1.807, 2.05) is 0 Å². The van der Waals surface area contributed by atoms with Gasteiger partial charge in [-0.1, -0.05) is 6.92 Å². The molecule has 2 fully saturated rings. The van der Waals surface area contributed by atoms with E-state index in [9.17, 15) is 13.6 Å². The molecule has 0 bridgehead atoms. The molecule has 0 aromatic heterocycles. The molecule has 2 aliphatic rings. The molecule has 0 aromatic carbocycles. The SMILES string of the molecule is CC1(CN2CCCC2C(=O)O)CC1(F)F. The van der Waals surface area contributed by atoms with E-state index >= 15 is 0 Å². The van der Waals surface area contributed by atoms with Crippen LogP contribution in [0.15, 0.2) is 0 Å². The lowest BCUT2D eigenvalue weighted by molar-refractivity contribution is -0.142. The van der Waals surface area contributed by atoms with Gasteiger partial charge in [-0.05, 0) is 19.4 Å². The first-order valence-corrected chi connectivity index (χ1v) is 5.20. The Bertz CT molecular complexity index is 295. The van der Waals surface area contributed by atoms with E-state index in [0.717, 1.165) is 6.42 Å². The predicted molar refractivity (Wildman–Crippen MR) is 49.9 cm³/mol. The summed E-state index contributed by atoms with van der Waals surface area (Å²) in [5.74, 6) is -3.49. The van der Waals surface area contributed by atoms with E-state index in [4.69, 9.17) is 5.11 Å². The molecule has 3 nitrogen and oxygen atoms in total. The Morgan fingerprint density at radius 3 is 2.67 bits per heavy atom. The van der Waals surface area contributed by atoms with Gasteiger partial charge < -0.3 is 5.11 Å². The zero-order valence-electron chi connectivity index (χ0n) is 8.67. The molecule has 2 rings (SSSR count). The molecule has 86 valence electrons. The van der Waals surface area contributed by atoms with Crippen molar-refractivity contribution in [2.45, 2.75) is 38.2 Å². The monoisotopic (exact) mass is 219 g/mol. The van der Waals surface area contributed by atoms with Crippen molar-refractivity contribution < 1.29 is 18.7 Å². The van der Waals surface area contributed by atoms with Crippen LogP contribution in [0, 0.1) is 5.41 Å². The number of rotatable bonds is 3. The van der Waals surface area contributed by atoms with Crippen molar-refractivity contribution in [2.24, 2.45) is 5.41 Å². The molecule has 1 N–H and O–H groups in total. The van der Waals surface area contributed by atoms with E-state index in [-0.39, 0.29) is 13.0 Å². The van der Waals surface area contributed by atoms with Crippen molar-refractivity contribution in [3.8, 4) is 0 Å². The number of carboxylic acid groups (broad SMARTS) is 1. The second kappa shape index (κ2) is 3.14. The Morgan fingerprint density at radius 2 is 2.20 bits per heavy atom. The number of aliphatic carboxylic acids is 1. The molecule has 0 spiro atoms. The summed E-state index contributed by atoms with van der Waals surface area (Å²) in [6.07, 6.45) is 1.26. The predicted octanol–water partition coefficient (Wildman–Crippen LogP) is 1.58. The maximum Gasteiger partial charge on any atom is 0.320 e. The first-order valence-electron chi connectivity index (χ1n) is 5.20. The number of alkyl halides is 2. The largest absolute Gasteiger partial charge is 0.480 e. The van der Waals surface area contributed by atoms with Crippen LogP contribution in [-0.4, -0.2) is 41.0 Å². The minimum atomic E-state index is -2.60. The van der Waals surface area contributed by atoms with Gasteiger partial charge in [0.25, 0.3) is 5.92 Å². The molecule has 1 saturated carbocycles. The fourth-order valence-corrected chi connectivity index (χ4v) is 2.36. The molecule has 2 unspecified atom stereocenters. The lowest BCUT2D eigenvalue weighted by atomic mass is 10.1. The van der Waals surface area contributed by atoms with E-state index in [0.29, 0.717) is 13.0 Å². The summed E-state index contributed by atoms with van der Waals surface area (Å²) in [5, 5.41) is 8.90. The first-order chi connectivity index (χ1) is 6.86. The van der Waals surface area contributed by atoms with Crippen LogP contribution in [-0.2, 0) is 4.79 Å². The zero-order valence-corrected chi connectivity index (χ0v) is 8.67. The highest BCUT2D eigenvalue weighted by molar-refractivity contribution is 5.73. The van der Waals surface area contributed by atoms with Crippen molar-refractivity contribution in [3.05, 3.63) is 0 Å². The summed E-state index contributed by atoms with van der Waals surface area (Å²) in [6.45, 7) is 2.36. The summed E-state index contributed by atoms with van der Waals surface area (Å²) in [4.78, 5) is 12.5. The number of hydrogen-bond donors (Lipinski definition) is 1. The van der Waals surface area contributed by atoms with Crippen LogP contribution >= 0.6 is 0 Å². The number of halogens is 2. The standard InChI is InChI=1S/C10H15F2NO2/c1-9(5-10(9,11)12)6-13-4-2-3-7(13)8(14)15/h7H,2-6H2,1H3,(H,14,15). The van der Waals surface area contributed by atoms with Crippen molar-refractivity contribution in [2.75, 3.05) is 13.1 Å². The van der Waals surface area contributed by atoms with Gasteiger partial charge in [-0.2, -0.15) is 0 Å². The Morgan fingerprint density at radius 1 is 1.60 bits per heavy atom. The maximum atomic E-state index is 13.0. The van der Waals surface area contributed by atoms with Gasteiger partial charge >= 0.3 is 5.97 Å². The molecule has 0 aromatic rings. The second-order valence-corrected chi connectivity index (χ2v) is 4.91. The van der Waals surface area contributed by atoms with Crippen molar-refractivity contribution in [1.82, 2.24) is 4.90 Å². The second-order valence-electron chi connectivity index (χ2n) is 4.91. The van der Waals surface area contributed by atoms with E-state index in [1.54, 1.807) is 4.90 Å². The average Bonchev–Trinajstić information content (AvgIpc) is 2.46. The Balaban J connectivity index is 1.98. The Hall–Kier alpha value is -0.710. The minimum Gasteiger partial charge on any atom is -0.480 e. The Labute approximate surface area is 87.1 Å². The highest BCUT2D eigenvalue weighted by Gasteiger charge is 2.68. The molecule has 0 radical (unpaired) electrons. The van der Waals surface area contributed by atoms with Crippen LogP contribution in [0.5, 0.6) is 0 Å². The third kappa shape index (κ3) is 1.73. The van der Waals surface area contributed by atoms with Gasteiger partial charge in [-0.15, -0.1) is 0 Å². The molecule has 2 atom stereocenters. The number of carbonyl (C=O) groups is 1. The minimum absolute atomic E-state index is 0.108. The summed E-state index contributed by atoms with van der Waals surface area (Å²) >= 11 is 0. The molecule has 0 amide bonds. The van der Waals surface area contributed by atoms with Crippen LogP contribution in [0.3, 0.4) is 0 Å². The van der Waals surface area contributed by atoms with Gasteiger partial charge in [0.15, 0.2) is 0 Å². The van der Waals surface area contributed by atoms with Gasteiger partial charge in [0.1, 0.15) is 6.04 Å². The molecule has 15 heavy (non-hydrogen) atoms. The molecule has 1 heterocycles. The van der Waals surface area contributed by atoms with Gasteiger partial charge in [0.2, 0.25) is 0 Å². The lowest BCUT2D eigenvalue weighted by Crippen LogP contribution is -2.40. The highest BCUT2D eigenvalue weighted by atomic mass is 19.3. The molecular weight excluding hydrogens is 204 g/mol. The van der Waals surface area contributed by atoms with E-state index in [1.165, 1.54) is 6.92 Å². The van der Waals surface area contributed by atoms with Gasteiger partial charge in [-0.3, -0.25) is 9.69 Å². The summed E-state index contributed by atoms with van der Waals surface area (Å²) in [5.41, 5.74) is -0.995. The van der Waals surface area contributed by atoms with Crippen molar-refractivity contribution in [3.63, 3.8) is 0 Å². The number of hydrogen-bond acceptors (Lipinski definition) is 2. The number of nitrogens with zero attached hydrogens (tertiary/aromatic N) is 1. The van der Waals surface area contributed by atoms with Gasteiger partial charge in [0, 0.05) is 18.4 Å². The van der Waals surface area contributed by atoms with Crippen LogP contribution in [0.4, 0.5) is 8.78 Å². The van der Waals surface area contributed by atoms with Gasteiger partial charge in [0.05, 0.1) is 0 Å². The molecule has 1 aliphatic heterocycles.